The Labute approximate surface area is 215 Å². The van der Waals surface area contributed by atoms with Crippen molar-refractivity contribution < 1.29 is 14.5 Å². The number of nitrogens with zero attached hydrogens (tertiary/aromatic N) is 3. The summed E-state index contributed by atoms with van der Waals surface area (Å²) < 4.78 is 5.13. The van der Waals surface area contributed by atoms with Crippen LogP contribution in [0.5, 0.6) is 0 Å². The summed E-state index contributed by atoms with van der Waals surface area (Å²) in [6, 6.07) is 13.6. The monoisotopic (exact) mass is 504 g/mol. The van der Waals surface area contributed by atoms with Crippen LogP contribution in [0.1, 0.15) is 54.1 Å². The number of hydrogen-bond donors (Lipinski definition) is 3. The van der Waals surface area contributed by atoms with Crippen LogP contribution in [0.4, 0.5) is 17.5 Å². The van der Waals surface area contributed by atoms with Crippen LogP contribution < -0.4 is 16.4 Å². The Morgan fingerprint density at radius 2 is 1.95 bits per heavy atom. The van der Waals surface area contributed by atoms with Crippen LogP contribution in [-0.4, -0.2) is 39.6 Å². The largest absolute Gasteiger partial charge is 0.462 e. The van der Waals surface area contributed by atoms with Crippen LogP contribution >= 0.6 is 0 Å². The number of nitrogens with two attached hydrogens (primary N) is 1. The number of anilines is 2. The predicted octanol–water partition coefficient (Wildman–Crippen LogP) is 4.83. The molecule has 3 aromatic rings. The molecule has 194 valence electrons. The number of nitro groups is 1. The van der Waals surface area contributed by atoms with Crippen molar-refractivity contribution in [1.29, 1.82) is 0 Å². The minimum absolute atomic E-state index is 0.0885. The van der Waals surface area contributed by atoms with E-state index in [4.69, 9.17) is 10.5 Å². The molecule has 1 aromatic heterocycles. The molecule has 0 radical (unpaired) electrons. The fourth-order valence-electron chi connectivity index (χ4n) is 4.55. The van der Waals surface area contributed by atoms with Crippen molar-refractivity contribution in [3.63, 3.8) is 0 Å². The quantitative estimate of drug-likeness (QED) is 0.212. The zero-order valence-corrected chi connectivity index (χ0v) is 21.1. The van der Waals surface area contributed by atoms with Crippen LogP contribution in [0, 0.1) is 17.0 Å². The van der Waals surface area contributed by atoms with Gasteiger partial charge in [-0.1, -0.05) is 30.3 Å². The summed E-state index contributed by atoms with van der Waals surface area (Å²) in [5, 5.41) is 18.0. The molecule has 4 N–H and O–H groups in total. The Morgan fingerprint density at radius 1 is 1.19 bits per heavy atom. The average molecular weight is 505 g/mol. The maximum Gasteiger partial charge on any atom is 0.338 e. The van der Waals surface area contributed by atoms with E-state index in [-0.39, 0.29) is 29.6 Å². The molecule has 10 nitrogen and oxygen atoms in total. The predicted molar refractivity (Wildman–Crippen MR) is 142 cm³/mol. The molecule has 1 aliphatic rings. The highest BCUT2D eigenvalue weighted by Gasteiger charge is 2.24. The highest BCUT2D eigenvalue weighted by Crippen LogP contribution is 2.29. The number of hydrogen-bond acceptors (Lipinski definition) is 9. The molecule has 10 heteroatoms. The number of carbonyl (C=O) groups is 1. The van der Waals surface area contributed by atoms with Gasteiger partial charge in [-0.15, -0.1) is 0 Å². The Bertz CT molecular complexity index is 1270. The van der Waals surface area contributed by atoms with Gasteiger partial charge < -0.3 is 21.1 Å². The molecule has 0 amide bonds. The molecular formula is C27H32N6O4. The lowest BCUT2D eigenvalue weighted by Gasteiger charge is -2.27. The third-order valence-corrected chi connectivity index (χ3v) is 6.65. The van der Waals surface area contributed by atoms with Gasteiger partial charge >= 0.3 is 11.7 Å². The maximum atomic E-state index is 12.2. The SMILES string of the molecule is CCOC(=O)c1cccc(-c2cccc(CNc3ncc([N+](=O)[O-])c(N[C@H]4CC[C@H](N)CC4)n3)c2C)c1. The van der Waals surface area contributed by atoms with Gasteiger partial charge in [-0.3, -0.25) is 10.1 Å². The summed E-state index contributed by atoms with van der Waals surface area (Å²) >= 11 is 0. The third-order valence-electron chi connectivity index (χ3n) is 6.65. The zero-order chi connectivity index (χ0) is 26.4. The second-order valence-electron chi connectivity index (χ2n) is 9.19. The van der Waals surface area contributed by atoms with Gasteiger partial charge in [0.1, 0.15) is 6.20 Å². The standard InChI is InChI=1S/C27H32N6O4/c1-3-37-26(34)19-7-4-6-18(14-19)23-9-5-8-20(17(23)2)15-29-27-30-16-24(33(35)36)25(32-27)31-22-12-10-21(28)11-13-22/h4-9,14,16,21-22H,3,10-13,15,28H2,1-2H3,(H2,29,30,31,32)/t21-,22-. The van der Waals surface area contributed by atoms with Crippen molar-refractivity contribution >= 4 is 23.4 Å². The summed E-state index contributed by atoms with van der Waals surface area (Å²) in [6.07, 6.45) is 4.67. The van der Waals surface area contributed by atoms with Gasteiger partial charge in [0.05, 0.1) is 17.1 Å². The number of ether oxygens (including phenoxy) is 1. The molecule has 1 heterocycles. The van der Waals surface area contributed by atoms with Crippen molar-refractivity contribution in [3.05, 3.63) is 75.5 Å². The van der Waals surface area contributed by atoms with Gasteiger partial charge in [0.25, 0.3) is 0 Å². The van der Waals surface area contributed by atoms with Gasteiger partial charge in [-0.25, -0.2) is 9.78 Å². The molecule has 0 saturated heterocycles. The first-order chi connectivity index (χ1) is 17.9. The zero-order valence-electron chi connectivity index (χ0n) is 21.1. The number of esters is 1. The second-order valence-corrected chi connectivity index (χ2v) is 9.19. The molecule has 0 unspecified atom stereocenters. The molecule has 1 aliphatic carbocycles. The smallest absolute Gasteiger partial charge is 0.338 e. The minimum Gasteiger partial charge on any atom is -0.462 e. The number of aromatic nitrogens is 2. The molecular weight excluding hydrogens is 472 g/mol. The van der Waals surface area contributed by atoms with Crippen LogP contribution in [-0.2, 0) is 11.3 Å². The van der Waals surface area contributed by atoms with Gasteiger partial charge in [-0.2, -0.15) is 4.98 Å². The Morgan fingerprint density at radius 3 is 2.68 bits per heavy atom. The van der Waals surface area contributed by atoms with Gasteiger partial charge in [0.15, 0.2) is 0 Å². The summed E-state index contributed by atoms with van der Waals surface area (Å²) in [4.78, 5) is 31.8. The van der Waals surface area contributed by atoms with Gasteiger partial charge in [0.2, 0.25) is 11.8 Å². The van der Waals surface area contributed by atoms with Gasteiger partial charge in [-0.05, 0) is 73.9 Å². The van der Waals surface area contributed by atoms with Crippen molar-refractivity contribution in [2.45, 2.75) is 58.2 Å². The van der Waals surface area contributed by atoms with E-state index in [0.717, 1.165) is 47.9 Å². The van der Waals surface area contributed by atoms with Crippen LogP contribution in [0.3, 0.4) is 0 Å². The summed E-state index contributed by atoms with van der Waals surface area (Å²) in [6.45, 7) is 4.54. The molecule has 2 aromatic carbocycles. The first kappa shape index (κ1) is 26.0. The highest BCUT2D eigenvalue weighted by atomic mass is 16.6. The molecule has 1 saturated carbocycles. The van der Waals surface area contributed by atoms with E-state index in [1.54, 1.807) is 13.0 Å². The average Bonchev–Trinajstić information content (AvgIpc) is 2.89. The number of carbonyl (C=O) groups excluding carboxylic acids is 1. The van der Waals surface area contributed by atoms with Crippen LogP contribution in [0.2, 0.25) is 0 Å². The summed E-state index contributed by atoms with van der Waals surface area (Å²) in [5.74, 6) is 0.162. The number of benzene rings is 2. The number of nitrogens with one attached hydrogen (secondary N) is 2. The molecule has 0 bridgehead atoms. The van der Waals surface area contributed by atoms with Crippen molar-refractivity contribution in [2.75, 3.05) is 17.2 Å². The molecule has 0 spiro atoms. The van der Waals surface area contributed by atoms with E-state index in [1.165, 1.54) is 6.20 Å². The van der Waals surface area contributed by atoms with E-state index >= 15 is 0 Å². The molecule has 0 aliphatic heterocycles. The second kappa shape index (κ2) is 11.8. The van der Waals surface area contributed by atoms with E-state index in [0.29, 0.717) is 24.7 Å². The fraction of sp³-hybridized carbons (Fsp3) is 0.370. The first-order valence-corrected chi connectivity index (χ1v) is 12.5. The van der Waals surface area contributed by atoms with Crippen molar-refractivity contribution in [1.82, 2.24) is 9.97 Å². The lowest BCUT2D eigenvalue weighted by atomic mass is 9.92. The van der Waals surface area contributed by atoms with Crippen LogP contribution in [0.25, 0.3) is 11.1 Å². The van der Waals surface area contributed by atoms with E-state index in [2.05, 4.69) is 20.6 Å². The maximum absolute atomic E-state index is 12.2. The van der Waals surface area contributed by atoms with Crippen molar-refractivity contribution in [3.8, 4) is 11.1 Å². The first-order valence-electron chi connectivity index (χ1n) is 12.5. The molecule has 37 heavy (non-hydrogen) atoms. The minimum atomic E-state index is -0.474. The van der Waals surface area contributed by atoms with E-state index in [9.17, 15) is 14.9 Å². The lowest BCUT2D eigenvalue weighted by Crippen LogP contribution is -2.33. The topological polar surface area (TPSA) is 145 Å². The van der Waals surface area contributed by atoms with Gasteiger partial charge in [0, 0.05) is 18.6 Å². The fourth-order valence-corrected chi connectivity index (χ4v) is 4.55. The molecule has 4 rings (SSSR count). The summed E-state index contributed by atoms with van der Waals surface area (Å²) in [7, 11) is 0. The highest BCUT2D eigenvalue weighted by molar-refractivity contribution is 5.91. The number of rotatable bonds is 9. The molecule has 0 atom stereocenters. The normalized spacial score (nSPS) is 17.2. The van der Waals surface area contributed by atoms with Crippen LogP contribution in [0.15, 0.2) is 48.7 Å². The Balaban J connectivity index is 1.51. The lowest BCUT2D eigenvalue weighted by molar-refractivity contribution is -0.384. The Kier molecular flexibility index (Phi) is 8.29. The molecule has 1 fully saturated rings. The van der Waals surface area contributed by atoms with E-state index < -0.39 is 4.92 Å². The van der Waals surface area contributed by atoms with E-state index in [1.807, 2.05) is 43.3 Å². The third kappa shape index (κ3) is 6.39. The van der Waals surface area contributed by atoms with Crippen molar-refractivity contribution in [2.24, 2.45) is 5.73 Å². The summed E-state index contributed by atoms with van der Waals surface area (Å²) in [5.41, 5.74) is 10.3. The Hall–Kier alpha value is -4.05.